The number of hydrogen-bond acceptors (Lipinski definition) is 4. The first kappa shape index (κ1) is 11.5. The molecule has 88 valence electrons. The molecule has 1 saturated heterocycles. The highest BCUT2D eigenvalue weighted by Gasteiger charge is 2.38. The smallest absolute Gasteiger partial charge is 0.240 e. The third-order valence-corrected chi connectivity index (χ3v) is 3.95. The van der Waals surface area contributed by atoms with E-state index in [4.69, 9.17) is 0 Å². The molecule has 2 heterocycles. The van der Waals surface area contributed by atoms with Gasteiger partial charge in [-0.1, -0.05) is 6.92 Å². The first-order valence-corrected chi connectivity index (χ1v) is 6.56. The van der Waals surface area contributed by atoms with Crippen molar-refractivity contribution in [3.63, 3.8) is 0 Å². The van der Waals surface area contributed by atoms with Crippen LogP contribution in [0, 0.1) is 0 Å². The highest BCUT2D eigenvalue weighted by molar-refractivity contribution is 7.09. The van der Waals surface area contributed by atoms with Gasteiger partial charge in [0.2, 0.25) is 5.91 Å². The van der Waals surface area contributed by atoms with E-state index in [1.54, 1.807) is 17.5 Å². The van der Waals surface area contributed by atoms with Gasteiger partial charge in [0.25, 0.3) is 0 Å². The number of nitrogens with one attached hydrogen (secondary N) is 2. The Bertz CT molecular complexity index is 344. The molecule has 0 aromatic carbocycles. The molecule has 4 nitrogen and oxygen atoms in total. The van der Waals surface area contributed by atoms with E-state index in [1.165, 1.54) is 0 Å². The van der Waals surface area contributed by atoms with Crippen molar-refractivity contribution in [2.75, 3.05) is 6.54 Å². The van der Waals surface area contributed by atoms with Gasteiger partial charge in [-0.3, -0.25) is 4.79 Å². The molecular weight excluding hydrogens is 222 g/mol. The lowest BCUT2D eigenvalue weighted by Crippen LogP contribution is -2.52. The maximum atomic E-state index is 12.1. The molecule has 0 saturated carbocycles. The topological polar surface area (TPSA) is 54.0 Å². The molecule has 5 heteroatoms. The lowest BCUT2D eigenvalue weighted by molar-refractivity contribution is -0.127. The van der Waals surface area contributed by atoms with Crippen molar-refractivity contribution in [1.82, 2.24) is 15.6 Å². The molecule has 1 atom stereocenters. The third-order valence-electron chi connectivity index (χ3n) is 3.17. The standard InChI is InChI=1S/C11H17N3OS/c1-2-11(4-3-5-14-11)10(15)13-8-9-12-6-7-16-9/h6-7,14H,2-5,8H2,1H3,(H,13,15). The minimum Gasteiger partial charge on any atom is -0.348 e. The van der Waals surface area contributed by atoms with E-state index < -0.39 is 0 Å². The molecule has 2 N–H and O–H groups in total. The van der Waals surface area contributed by atoms with Gasteiger partial charge in [0.15, 0.2) is 0 Å². The van der Waals surface area contributed by atoms with Crippen molar-refractivity contribution < 1.29 is 4.79 Å². The van der Waals surface area contributed by atoms with E-state index >= 15 is 0 Å². The van der Waals surface area contributed by atoms with E-state index in [0.29, 0.717) is 6.54 Å². The average Bonchev–Trinajstić information content (AvgIpc) is 2.97. The molecular formula is C11H17N3OS. The Balaban J connectivity index is 1.91. The molecule has 1 aromatic rings. The summed E-state index contributed by atoms with van der Waals surface area (Å²) in [4.78, 5) is 16.2. The highest BCUT2D eigenvalue weighted by atomic mass is 32.1. The van der Waals surface area contributed by atoms with Gasteiger partial charge in [-0.05, 0) is 25.8 Å². The fraction of sp³-hybridized carbons (Fsp3) is 0.636. The van der Waals surface area contributed by atoms with Crippen LogP contribution in [0.1, 0.15) is 31.2 Å². The molecule has 1 aromatic heterocycles. The van der Waals surface area contributed by atoms with Gasteiger partial charge in [-0.15, -0.1) is 11.3 Å². The van der Waals surface area contributed by atoms with Gasteiger partial charge < -0.3 is 10.6 Å². The molecule has 0 aliphatic carbocycles. The first-order valence-electron chi connectivity index (χ1n) is 5.68. The number of rotatable bonds is 4. The Morgan fingerprint density at radius 1 is 1.75 bits per heavy atom. The molecule has 1 unspecified atom stereocenters. The van der Waals surface area contributed by atoms with Gasteiger partial charge in [-0.25, -0.2) is 4.98 Å². The Kier molecular flexibility index (Phi) is 3.56. The second-order valence-electron chi connectivity index (χ2n) is 4.07. The van der Waals surface area contributed by atoms with Crippen LogP contribution in [-0.4, -0.2) is 23.0 Å². The normalized spacial score (nSPS) is 24.6. The quantitative estimate of drug-likeness (QED) is 0.832. The zero-order chi connectivity index (χ0) is 11.4. The first-order chi connectivity index (χ1) is 7.77. The molecule has 0 radical (unpaired) electrons. The number of hydrogen-bond donors (Lipinski definition) is 2. The second kappa shape index (κ2) is 4.93. The predicted octanol–water partition coefficient (Wildman–Crippen LogP) is 1.29. The Morgan fingerprint density at radius 2 is 2.62 bits per heavy atom. The second-order valence-corrected chi connectivity index (χ2v) is 5.05. The minimum absolute atomic E-state index is 0.114. The molecule has 1 aliphatic heterocycles. The maximum Gasteiger partial charge on any atom is 0.240 e. The summed E-state index contributed by atoms with van der Waals surface area (Å²) in [6, 6.07) is 0. The summed E-state index contributed by atoms with van der Waals surface area (Å²) in [6.07, 6.45) is 4.62. The molecule has 1 fully saturated rings. The van der Waals surface area contributed by atoms with Gasteiger partial charge in [0.05, 0.1) is 12.1 Å². The maximum absolute atomic E-state index is 12.1. The van der Waals surface area contributed by atoms with Crippen LogP contribution in [0.25, 0.3) is 0 Å². The van der Waals surface area contributed by atoms with E-state index in [-0.39, 0.29) is 11.4 Å². The average molecular weight is 239 g/mol. The SMILES string of the molecule is CCC1(C(=O)NCc2nccs2)CCCN1. The summed E-state index contributed by atoms with van der Waals surface area (Å²) < 4.78 is 0. The summed E-state index contributed by atoms with van der Waals surface area (Å²) in [7, 11) is 0. The van der Waals surface area contributed by atoms with Crippen LogP contribution in [0.3, 0.4) is 0 Å². The number of amides is 1. The number of thiazole rings is 1. The van der Waals surface area contributed by atoms with Crippen LogP contribution in [0.5, 0.6) is 0 Å². The lowest BCUT2D eigenvalue weighted by Gasteiger charge is -2.26. The summed E-state index contributed by atoms with van der Waals surface area (Å²) in [5, 5.41) is 9.16. The van der Waals surface area contributed by atoms with Gasteiger partial charge in [0.1, 0.15) is 5.01 Å². The van der Waals surface area contributed by atoms with Crippen molar-refractivity contribution in [3.8, 4) is 0 Å². The Hall–Kier alpha value is -0.940. The number of carbonyl (C=O) groups is 1. The highest BCUT2D eigenvalue weighted by Crippen LogP contribution is 2.23. The van der Waals surface area contributed by atoms with Crippen LogP contribution in [0.15, 0.2) is 11.6 Å². The largest absolute Gasteiger partial charge is 0.348 e. The van der Waals surface area contributed by atoms with Crippen molar-refractivity contribution in [2.24, 2.45) is 0 Å². The molecule has 16 heavy (non-hydrogen) atoms. The summed E-state index contributed by atoms with van der Waals surface area (Å²) in [6.45, 7) is 3.54. The Morgan fingerprint density at radius 3 is 3.19 bits per heavy atom. The minimum atomic E-state index is -0.336. The summed E-state index contributed by atoms with van der Waals surface area (Å²) >= 11 is 1.57. The number of aromatic nitrogens is 1. The van der Waals surface area contributed by atoms with Gasteiger partial charge in [-0.2, -0.15) is 0 Å². The fourth-order valence-electron chi connectivity index (χ4n) is 2.13. The monoisotopic (exact) mass is 239 g/mol. The molecule has 1 amide bonds. The Labute approximate surface area is 99.5 Å². The van der Waals surface area contributed by atoms with Crippen LogP contribution >= 0.6 is 11.3 Å². The molecule has 0 spiro atoms. The van der Waals surface area contributed by atoms with Gasteiger partial charge >= 0.3 is 0 Å². The molecule has 0 bridgehead atoms. The van der Waals surface area contributed by atoms with Crippen molar-refractivity contribution >= 4 is 17.2 Å². The number of carbonyl (C=O) groups excluding carboxylic acids is 1. The lowest BCUT2D eigenvalue weighted by atomic mass is 9.93. The van der Waals surface area contributed by atoms with Crippen molar-refractivity contribution in [3.05, 3.63) is 16.6 Å². The zero-order valence-corrected chi connectivity index (χ0v) is 10.3. The summed E-state index contributed by atoms with van der Waals surface area (Å²) in [5.74, 6) is 0.114. The summed E-state index contributed by atoms with van der Waals surface area (Å²) in [5.41, 5.74) is -0.336. The van der Waals surface area contributed by atoms with E-state index in [9.17, 15) is 4.79 Å². The third kappa shape index (κ3) is 2.25. The zero-order valence-electron chi connectivity index (χ0n) is 9.45. The van der Waals surface area contributed by atoms with Crippen LogP contribution < -0.4 is 10.6 Å². The fourth-order valence-corrected chi connectivity index (χ4v) is 2.68. The van der Waals surface area contributed by atoms with Crippen LogP contribution in [0.2, 0.25) is 0 Å². The predicted molar refractivity (Wildman–Crippen MR) is 64.2 cm³/mol. The van der Waals surface area contributed by atoms with Crippen LogP contribution in [-0.2, 0) is 11.3 Å². The van der Waals surface area contributed by atoms with Gasteiger partial charge in [0, 0.05) is 11.6 Å². The molecule has 2 rings (SSSR count). The number of nitrogens with zero attached hydrogens (tertiary/aromatic N) is 1. The van der Waals surface area contributed by atoms with Crippen molar-refractivity contribution in [2.45, 2.75) is 38.3 Å². The van der Waals surface area contributed by atoms with E-state index in [0.717, 1.165) is 30.8 Å². The van der Waals surface area contributed by atoms with Crippen LogP contribution in [0.4, 0.5) is 0 Å². The molecule has 1 aliphatic rings. The van der Waals surface area contributed by atoms with Crippen molar-refractivity contribution in [1.29, 1.82) is 0 Å². The van der Waals surface area contributed by atoms with E-state index in [1.807, 2.05) is 5.38 Å². The van der Waals surface area contributed by atoms with E-state index in [2.05, 4.69) is 22.5 Å².